The van der Waals surface area contributed by atoms with Gasteiger partial charge in [-0.15, -0.1) is 0 Å². The van der Waals surface area contributed by atoms with E-state index in [1.807, 2.05) is 31.2 Å². The highest BCUT2D eigenvalue weighted by atomic mass is 16.5. The van der Waals surface area contributed by atoms with Crippen molar-refractivity contribution < 1.29 is 14.3 Å². The maximum atomic E-state index is 12.9. The molecule has 0 spiro atoms. The number of benzene rings is 1. The standard InChI is InChI=1S/C24H26N4O4/c1-3-31-18-7-9-19(10-8-18)32-16(2)24(30)28-13-11-17(15-28)21-14-22(29)27-23(26-21)20-6-4-5-12-25-20/h4-10,12,14,16-17H,3,11,13,15H2,1-2H3,(H,26,27,29)/t16-,17-/m1/s1. The van der Waals surface area contributed by atoms with Crippen LogP contribution in [0.1, 0.15) is 31.9 Å². The van der Waals surface area contributed by atoms with Crippen LogP contribution in [0.5, 0.6) is 11.5 Å². The fourth-order valence-electron chi connectivity index (χ4n) is 3.80. The van der Waals surface area contributed by atoms with E-state index in [-0.39, 0.29) is 17.4 Å². The van der Waals surface area contributed by atoms with Gasteiger partial charge in [-0.25, -0.2) is 4.98 Å². The number of aromatic nitrogens is 3. The van der Waals surface area contributed by atoms with Gasteiger partial charge in [-0.3, -0.25) is 14.6 Å². The molecule has 8 heteroatoms. The smallest absolute Gasteiger partial charge is 0.263 e. The first kappa shape index (κ1) is 21.5. The van der Waals surface area contributed by atoms with Gasteiger partial charge in [0.15, 0.2) is 11.9 Å². The molecule has 3 aromatic rings. The molecule has 166 valence electrons. The first-order chi connectivity index (χ1) is 15.5. The number of pyridine rings is 1. The fraction of sp³-hybridized carbons (Fsp3) is 0.333. The number of likely N-dealkylation sites (tertiary alicyclic amines) is 1. The maximum Gasteiger partial charge on any atom is 0.263 e. The Morgan fingerprint density at radius 3 is 2.72 bits per heavy atom. The predicted molar refractivity (Wildman–Crippen MR) is 120 cm³/mol. The molecule has 0 radical (unpaired) electrons. The molecule has 1 fully saturated rings. The topological polar surface area (TPSA) is 97.4 Å². The van der Waals surface area contributed by atoms with Gasteiger partial charge in [0.05, 0.1) is 12.3 Å². The van der Waals surface area contributed by atoms with E-state index in [2.05, 4.69) is 15.0 Å². The third-order valence-corrected chi connectivity index (χ3v) is 5.38. The number of carbonyl (C=O) groups is 1. The van der Waals surface area contributed by atoms with Crippen LogP contribution in [0.3, 0.4) is 0 Å². The van der Waals surface area contributed by atoms with Gasteiger partial charge in [-0.05, 0) is 56.7 Å². The summed E-state index contributed by atoms with van der Waals surface area (Å²) in [5, 5.41) is 0. The van der Waals surface area contributed by atoms with Crippen molar-refractivity contribution in [2.75, 3.05) is 19.7 Å². The van der Waals surface area contributed by atoms with Gasteiger partial charge in [-0.2, -0.15) is 0 Å². The lowest BCUT2D eigenvalue weighted by Crippen LogP contribution is -2.39. The van der Waals surface area contributed by atoms with Gasteiger partial charge in [0.2, 0.25) is 0 Å². The number of rotatable bonds is 7. The molecule has 1 N–H and O–H groups in total. The zero-order valence-electron chi connectivity index (χ0n) is 18.2. The second kappa shape index (κ2) is 9.64. The molecule has 1 aromatic carbocycles. The number of aromatic amines is 1. The Morgan fingerprint density at radius 1 is 1.22 bits per heavy atom. The van der Waals surface area contributed by atoms with Crippen molar-refractivity contribution in [3.8, 4) is 23.0 Å². The Kier molecular flexibility index (Phi) is 6.49. The summed E-state index contributed by atoms with van der Waals surface area (Å²) in [5.41, 5.74) is 1.05. The molecule has 4 rings (SSSR count). The van der Waals surface area contributed by atoms with E-state index < -0.39 is 6.10 Å². The normalized spacial score (nSPS) is 16.6. The van der Waals surface area contributed by atoms with Gasteiger partial charge < -0.3 is 19.4 Å². The number of amides is 1. The maximum absolute atomic E-state index is 12.9. The molecule has 2 atom stereocenters. The Labute approximate surface area is 186 Å². The average Bonchev–Trinajstić information content (AvgIpc) is 3.30. The fourth-order valence-corrected chi connectivity index (χ4v) is 3.80. The summed E-state index contributed by atoms with van der Waals surface area (Å²) in [5.74, 6) is 1.71. The van der Waals surface area contributed by atoms with Gasteiger partial charge >= 0.3 is 0 Å². The van der Waals surface area contributed by atoms with E-state index in [1.54, 1.807) is 36.2 Å². The van der Waals surface area contributed by atoms with Gasteiger partial charge in [0, 0.05) is 31.3 Å². The third kappa shape index (κ3) is 4.96. The Morgan fingerprint density at radius 2 is 2.00 bits per heavy atom. The van der Waals surface area contributed by atoms with E-state index in [1.165, 1.54) is 6.07 Å². The van der Waals surface area contributed by atoms with Crippen molar-refractivity contribution in [2.24, 2.45) is 0 Å². The van der Waals surface area contributed by atoms with Gasteiger partial charge in [-0.1, -0.05) is 6.07 Å². The zero-order valence-corrected chi connectivity index (χ0v) is 18.2. The van der Waals surface area contributed by atoms with E-state index in [4.69, 9.17) is 9.47 Å². The van der Waals surface area contributed by atoms with Crippen LogP contribution in [-0.2, 0) is 4.79 Å². The lowest BCUT2D eigenvalue weighted by atomic mass is 10.0. The molecule has 3 heterocycles. The second-order valence-electron chi connectivity index (χ2n) is 7.67. The summed E-state index contributed by atoms with van der Waals surface area (Å²) in [4.78, 5) is 38.5. The van der Waals surface area contributed by atoms with Crippen molar-refractivity contribution in [2.45, 2.75) is 32.3 Å². The Hall–Kier alpha value is -3.68. The minimum Gasteiger partial charge on any atom is -0.494 e. The summed E-state index contributed by atoms with van der Waals surface area (Å²) < 4.78 is 11.3. The summed E-state index contributed by atoms with van der Waals surface area (Å²) >= 11 is 0. The van der Waals surface area contributed by atoms with Crippen LogP contribution in [-0.4, -0.2) is 51.6 Å². The number of carbonyl (C=O) groups excluding carboxylic acids is 1. The van der Waals surface area contributed by atoms with Crippen LogP contribution in [0.4, 0.5) is 0 Å². The number of H-pyrrole nitrogens is 1. The van der Waals surface area contributed by atoms with Gasteiger partial charge in [0.25, 0.3) is 11.5 Å². The second-order valence-corrected chi connectivity index (χ2v) is 7.67. The molecular weight excluding hydrogens is 408 g/mol. The minimum absolute atomic E-state index is 0.0126. The summed E-state index contributed by atoms with van der Waals surface area (Å²) in [7, 11) is 0. The molecule has 2 aromatic heterocycles. The molecule has 1 saturated heterocycles. The summed E-state index contributed by atoms with van der Waals surface area (Å²) in [6, 6.07) is 14.2. The molecule has 0 unspecified atom stereocenters. The molecule has 1 aliphatic rings. The first-order valence-corrected chi connectivity index (χ1v) is 10.7. The summed E-state index contributed by atoms with van der Waals surface area (Å²) in [6.45, 7) is 5.35. The van der Waals surface area contributed by atoms with Gasteiger partial charge in [0.1, 0.15) is 17.2 Å². The predicted octanol–water partition coefficient (Wildman–Crippen LogP) is 3.01. The largest absolute Gasteiger partial charge is 0.494 e. The van der Waals surface area contributed by atoms with E-state index in [9.17, 15) is 9.59 Å². The van der Waals surface area contributed by atoms with E-state index in [0.29, 0.717) is 42.7 Å². The SMILES string of the molecule is CCOc1ccc(O[C@H](C)C(=O)N2CC[C@@H](c3cc(=O)[nH]c(-c4ccccn4)n3)C2)cc1. The molecule has 1 amide bonds. The third-order valence-electron chi connectivity index (χ3n) is 5.38. The van der Waals surface area contributed by atoms with E-state index >= 15 is 0 Å². The highest BCUT2D eigenvalue weighted by molar-refractivity contribution is 5.81. The number of hydrogen-bond donors (Lipinski definition) is 1. The monoisotopic (exact) mass is 434 g/mol. The van der Waals surface area contributed by atoms with Crippen LogP contribution >= 0.6 is 0 Å². The highest BCUT2D eigenvalue weighted by Gasteiger charge is 2.32. The molecule has 32 heavy (non-hydrogen) atoms. The van der Waals surface area contributed by atoms with Crippen molar-refractivity contribution >= 4 is 5.91 Å². The Bertz CT molecular complexity index is 1110. The first-order valence-electron chi connectivity index (χ1n) is 10.7. The van der Waals surface area contributed by atoms with Crippen molar-refractivity contribution in [1.29, 1.82) is 0 Å². The number of nitrogens with one attached hydrogen (secondary N) is 1. The van der Waals surface area contributed by atoms with Crippen molar-refractivity contribution in [1.82, 2.24) is 19.9 Å². The molecule has 0 saturated carbocycles. The van der Waals surface area contributed by atoms with Crippen LogP contribution in [0.25, 0.3) is 11.5 Å². The van der Waals surface area contributed by atoms with Crippen LogP contribution in [0.15, 0.2) is 59.5 Å². The lowest BCUT2D eigenvalue weighted by Gasteiger charge is -2.22. The van der Waals surface area contributed by atoms with Crippen LogP contribution in [0.2, 0.25) is 0 Å². The molecule has 0 bridgehead atoms. The number of ether oxygens (including phenoxy) is 2. The number of hydrogen-bond acceptors (Lipinski definition) is 6. The van der Waals surface area contributed by atoms with Crippen LogP contribution in [0, 0.1) is 0 Å². The molecule has 1 aliphatic heterocycles. The molecule has 8 nitrogen and oxygen atoms in total. The number of nitrogens with zero attached hydrogens (tertiary/aromatic N) is 3. The zero-order chi connectivity index (χ0) is 22.5. The highest BCUT2D eigenvalue weighted by Crippen LogP contribution is 2.27. The minimum atomic E-state index is -0.622. The summed E-state index contributed by atoms with van der Waals surface area (Å²) in [6.07, 6.45) is 1.77. The average molecular weight is 434 g/mol. The lowest BCUT2D eigenvalue weighted by molar-refractivity contribution is -0.136. The van der Waals surface area contributed by atoms with Crippen molar-refractivity contribution in [3.05, 3.63) is 70.8 Å². The molecular formula is C24H26N4O4. The van der Waals surface area contributed by atoms with E-state index in [0.717, 1.165) is 12.2 Å². The quantitative estimate of drug-likeness (QED) is 0.614. The molecule has 0 aliphatic carbocycles. The Balaban J connectivity index is 1.41. The van der Waals surface area contributed by atoms with Crippen LogP contribution < -0.4 is 15.0 Å². The van der Waals surface area contributed by atoms with Crippen molar-refractivity contribution in [3.63, 3.8) is 0 Å².